The highest BCUT2D eigenvalue weighted by molar-refractivity contribution is 9.10. The minimum absolute atomic E-state index is 0.370. The Morgan fingerprint density at radius 3 is 2.20 bits per heavy atom. The van der Waals surface area contributed by atoms with Crippen LogP contribution in [0.15, 0.2) is 83.3 Å². The molecule has 0 bridgehead atoms. The highest BCUT2D eigenvalue weighted by Crippen LogP contribution is 2.27. The average Bonchev–Trinajstić information content (AvgIpc) is 2.69. The molecule has 1 atom stereocenters. The van der Waals surface area contributed by atoms with Gasteiger partial charge in [0.1, 0.15) is 17.5 Å². The first kappa shape index (κ1) is 21.9. The van der Waals surface area contributed by atoms with Gasteiger partial charge in [-0.2, -0.15) is 0 Å². The van der Waals surface area contributed by atoms with Gasteiger partial charge in [-0.3, -0.25) is 9.10 Å². The highest BCUT2D eigenvalue weighted by Gasteiger charge is 2.29. The normalized spacial score (nSPS) is 12.1. The predicted molar refractivity (Wildman–Crippen MR) is 123 cm³/mol. The molecule has 0 aliphatic heterocycles. The van der Waals surface area contributed by atoms with Gasteiger partial charge in [-0.1, -0.05) is 40.2 Å². The molecule has 30 heavy (non-hydrogen) atoms. The van der Waals surface area contributed by atoms with Crippen LogP contribution in [0.1, 0.15) is 6.92 Å². The number of nitrogens with zero attached hydrogens (tertiary/aromatic N) is 1. The van der Waals surface area contributed by atoms with Crippen molar-refractivity contribution in [2.24, 2.45) is 0 Å². The maximum atomic E-state index is 12.7. The minimum Gasteiger partial charge on any atom is -0.457 e. The summed E-state index contributed by atoms with van der Waals surface area (Å²) in [5.41, 5.74) is 0.941. The molecular formula is C22H21BrN2O4S. The van der Waals surface area contributed by atoms with E-state index >= 15 is 0 Å². The Kier molecular flexibility index (Phi) is 6.79. The van der Waals surface area contributed by atoms with Crippen molar-refractivity contribution < 1.29 is 17.9 Å². The molecule has 1 amide bonds. The first-order valence-corrected chi connectivity index (χ1v) is 11.8. The SMILES string of the molecule is C[C@H](C(=O)Nc1cccc(Br)c1)N(c1ccc(Oc2ccccc2)cc1)S(C)(=O)=O. The van der Waals surface area contributed by atoms with Crippen molar-refractivity contribution in [3.63, 3.8) is 0 Å². The molecule has 1 N–H and O–H groups in total. The summed E-state index contributed by atoms with van der Waals surface area (Å²) < 4.78 is 32.6. The number of nitrogens with one attached hydrogen (secondary N) is 1. The predicted octanol–water partition coefficient (Wildman–Crippen LogP) is 5.03. The first-order chi connectivity index (χ1) is 14.2. The number of carbonyl (C=O) groups is 1. The zero-order valence-electron chi connectivity index (χ0n) is 16.4. The van der Waals surface area contributed by atoms with Crippen LogP contribution in [-0.4, -0.2) is 26.6 Å². The van der Waals surface area contributed by atoms with E-state index in [0.29, 0.717) is 22.9 Å². The number of halogens is 1. The van der Waals surface area contributed by atoms with Gasteiger partial charge in [0.25, 0.3) is 0 Å². The van der Waals surface area contributed by atoms with Crippen molar-refractivity contribution >= 4 is 43.2 Å². The average molecular weight is 489 g/mol. The zero-order valence-corrected chi connectivity index (χ0v) is 18.9. The van der Waals surface area contributed by atoms with Gasteiger partial charge in [-0.25, -0.2) is 8.42 Å². The zero-order chi connectivity index (χ0) is 21.7. The van der Waals surface area contributed by atoms with Crippen molar-refractivity contribution in [3.05, 3.63) is 83.3 Å². The summed E-state index contributed by atoms with van der Waals surface area (Å²) in [4.78, 5) is 12.7. The van der Waals surface area contributed by atoms with Gasteiger partial charge < -0.3 is 10.1 Å². The number of amides is 1. The van der Waals surface area contributed by atoms with Crippen LogP contribution in [-0.2, 0) is 14.8 Å². The lowest BCUT2D eigenvalue weighted by molar-refractivity contribution is -0.116. The fourth-order valence-electron chi connectivity index (χ4n) is 2.91. The number of ether oxygens (including phenoxy) is 1. The smallest absolute Gasteiger partial charge is 0.247 e. The lowest BCUT2D eigenvalue weighted by Crippen LogP contribution is -2.45. The van der Waals surface area contributed by atoms with Gasteiger partial charge in [0.15, 0.2) is 0 Å². The van der Waals surface area contributed by atoms with E-state index in [4.69, 9.17) is 4.74 Å². The molecule has 3 aromatic carbocycles. The highest BCUT2D eigenvalue weighted by atomic mass is 79.9. The van der Waals surface area contributed by atoms with Gasteiger partial charge in [-0.05, 0) is 61.5 Å². The second kappa shape index (κ2) is 9.32. The molecule has 0 radical (unpaired) electrons. The fraction of sp³-hybridized carbons (Fsp3) is 0.136. The maximum Gasteiger partial charge on any atom is 0.247 e. The van der Waals surface area contributed by atoms with E-state index in [1.807, 2.05) is 36.4 Å². The van der Waals surface area contributed by atoms with Crippen molar-refractivity contribution in [1.29, 1.82) is 0 Å². The molecule has 3 aromatic rings. The molecule has 0 saturated heterocycles. The van der Waals surface area contributed by atoms with Crippen molar-refractivity contribution in [1.82, 2.24) is 0 Å². The van der Waals surface area contributed by atoms with E-state index in [1.165, 1.54) is 0 Å². The summed E-state index contributed by atoms with van der Waals surface area (Å²) in [5, 5.41) is 2.75. The number of hydrogen-bond acceptors (Lipinski definition) is 4. The van der Waals surface area contributed by atoms with E-state index in [2.05, 4.69) is 21.2 Å². The van der Waals surface area contributed by atoms with Crippen molar-refractivity contribution in [2.75, 3.05) is 15.9 Å². The molecule has 3 rings (SSSR count). The van der Waals surface area contributed by atoms with Gasteiger partial charge in [-0.15, -0.1) is 0 Å². The number of anilines is 2. The van der Waals surface area contributed by atoms with E-state index in [-0.39, 0.29) is 0 Å². The molecule has 0 aliphatic carbocycles. The largest absolute Gasteiger partial charge is 0.457 e. The summed E-state index contributed by atoms with van der Waals surface area (Å²) in [6.45, 7) is 1.54. The number of para-hydroxylation sites is 1. The summed E-state index contributed by atoms with van der Waals surface area (Å²) in [6.07, 6.45) is 1.07. The van der Waals surface area contributed by atoms with E-state index < -0.39 is 22.0 Å². The van der Waals surface area contributed by atoms with E-state index in [1.54, 1.807) is 49.4 Å². The summed E-state index contributed by atoms with van der Waals surface area (Å²) in [5.74, 6) is 0.791. The van der Waals surface area contributed by atoms with Crippen LogP contribution in [0.4, 0.5) is 11.4 Å². The topological polar surface area (TPSA) is 75.7 Å². The molecule has 0 aromatic heterocycles. The van der Waals surface area contributed by atoms with Crippen molar-refractivity contribution in [2.45, 2.75) is 13.0 Å². The van der Waals surface area contributed by atoms with Gasteiger partial charge in [0.05, 0.1) is 11.9 Å². The van der Waals surface area contributed by atoms with Crippen LogP contribution in [0.3, 0.4) is 0 Å². The molecule has 6 nitrogen and oxygen atoms in total. The second-order valence-corrected chi connectivity index (χ2v) is 9.42. The quantitative estimate of drug-likeness (QED) is 0.505. The summed E-state index contributed by atoms with van der Waals surface area (Å²) in [7, 11) is -3.71. The van der Waals surface area contributed by atoms with Crippen LogP contribution in [0.2, 0.25) is 0 Å². The molecule has 0 spiro atoms. The molecule has 0 heterocycles. The maximum absolute atomic E-state index is 12.7. The Labute approximate surface area is 184 Å². The first-order valence-electron chi connectivity index (χ1n) is 9.13. The lowest BCUT2D eigenvalue weighted by Gasteiger charge is -2.28. The Hall–Kier alpha value is -2.84. The standard InChI is InChI=1S/C22H21BrN2O4S/c1-16(22(26)24-18-8-6-7-17(23)15-18)25(30(2,27)28)19-11-13-21(14-12-19)29-20-9-4-3-5-10-20/h3-16H,1-2H3,(H,24,26)/t16-/m1/s1. The summed E-state index contributed by atoms with van der Waals surface area (Å²) >= 11 is 3.35. The Balaban J connectivity index is 1.80. The van der Waals surface area contributed by atoms with Crippen LogP contribution in [0.25, 0.3) is 0 Å². The molecule has 0 saturated carbocycles. The Morgan fingerprint density at radius 1 is 0.967 bits per heavy atom. The molecule has 0 aliphatic rings. The monoisotopic (exact) mass is 488 g/mol. The third kappa shape index (κ3) is 5.61. The Morgan fingerprint density at radius 2 is 1.60 bits per heavy atom. The fourth-order valence-corrected chi connectivity index (χ4v) is 4.48. The number of hydrogen-bond donors (Lipinski definition) is 1. The van der Waals surface area contributed by atoms with E-state index in [0.717, 1.165) is 15.0 Å². The summed E-state index contributed by atoms with van der Waals surface area (Å²) in [6, 6.07) is 22.0. The van der Waals surface area contributed by atoms with Gasteiger partial charge in [0.2, 0.25) is 15.9 Å². The van der Waals surface area contributed by atoms with Gasteiger partial charge >= 0.3 is 0 Å². The van der Waals surface area contributed by atoms with E-state index in [9.17, 15) is 13.2 Å². The van der Waals surface area contributed by atoms with Crippen LogP contribution in [0, 0.1) is 0 Å². The Bertz CT molecular complexity index is 1120. The molecule has 0 unspecified atom stereocenters. The number of rotatable bonds is 7. The minimum atomic E-state index is -3.71. The third-order valence-corrected chi connectivity index (χ3v) is 5.99. The molecular weight excluding hydrogens is 468 g/mol. The molecule has 8 heteroatoms. The number of carbonyl (C=O) groups excluding carboxylic acids is 1. The number of benzene rings is 3. The van der Waals surface area contributed by atoms with Gasteiger partial charge in [0, 0.05) is 10.2 Å². The van der Waals surface area contributed by atoms with Crippen LogP contribution < -0.4 is 14.4 Å². The molecule has 156 valence electrons. The molecule has 0 fully saturated rings. The van der Waals surface area contributed by atoms with Crippen LogP contribution >= 0.6 is 15.9 Å². The number of sulfonamides is 1. The van der Waals surface area contributed by atoms with Crippen molar-refractivity contribution in [3.8, 4) is 11.5 Å². The van der Waals surface area contributed by atoms with Crippen LogP contribution in [0.5, 0.6) is 11.5 Å². The third-order valence-electron chi connectivity index (χ3n) is 4.25. The second-order valence-electron chi connectivity index (χ2n) is 6.64. The lowest BCUT2D eigenvalue weighted by atomic mass is 10.2.